The minimum absolute atomic E-state index is 0.187. The molecule has 2 unspecified atom stereocenters. The summed E-state index contributed by atoms with van der Waals surface area (Å²) in [6, 6.07) is 8.01. The number of rotatable bonds is 7. The molecule has 0 bridgehead atoms. The van der Waals surface area contributed by atoms with Gasteiger partial charge in [0.15, 0.2) is 11.8 Å². The van der Waals surface area contributed by atoms with Crippen LogP contribution >= 0.6 is 18.5 Å². The third kappa shape index (κ3) is 5.86. The number of carbonyl (C=O) groups is 1. The first-order chi connectivity index (χ1) is 12.6. The second-order valence-corrected chi connectivity index (χ2v) is 9.52. The first-order valence-electron chi connectivity index (χ1n) is 8.70. The van der Waals surface area contributed by atoms with Crippen LogP contribution in [0.25, 0.3) is 10.9 Å². The maximum absolute atomic E-state index is 12.7. The number of halogens is 1. The molecule has 2 rings (SSSR count). The van der Waals surface area contributed by atoms with Crippen LogP contribution < -0.4 is 4.84 Å². The molecule has 8 heteroatoms. The van der Waals surface area contributed by atoms with Gasteiger partial charge in [0.1, 0.15) is 4.83 Å². The summed E-state index contributed by atoms with van der Waals surface area (Å²) < 4.78 is 17.7. The van der Waals surface area contributed by atoms with Crippen molar-refractivity contribution >= 4 is 35.4 Å². The molecule has 6 nitrogen and oxygen atoms in total. The Kier molecular flexibility index (Phi) is 7.15. The zero-order valence-corrected chi connectivity index (χ0v) is 17.8. The summed E-state index contributed by atoms with van der Waals surface area (Å²) >= 11 is 5.90. The molecule has 27 heavy (non-hydrogen) atoms. The molecule has 2 atom stereocenters. The third-order valence-electron chi connectivity index (χ3n) is 3.71. The van der Waals surface area contributed by atoms with E-state index in [1.54, 1.807) is 24.4 Å². The van der Waals surface area contributed by atoms with Crippen molar-refractivity contribution in [1.82, 2.24) is 9.82 Å². The van der Waals surface area contributed by atoms with E-state index in [0.29, 0.717) is 5.75 Å². The maximum Gasteiger partial charge on any atom is 0.593 e. The number of nitrogens with zero attached hydrogens (tertiary/aromatic N) is 2. The predicted octanol–water partition coefficient (Wildman–Crippen LogP) is 5.34. The van der Waals surface area contributed by atoms with E-state index in [4.69, 9.17) is 20.8 Å². The van der Waals surface area contributed by atoms with Gasteiger partial charge in [0.05, 0.1) is 12.1 Å². The molecule has 1 heterocycles. The van der Waals surface area contributed by atoms with Crippen LogP contribution in [0, 0.1) is 11.3 Å². The minimum atomic E-state index is -2.47. The Bertz CT molecular complexity index is 817. The monoisotopic (exact) mass is 411 g/mol. The van der Waals surface area contributed by atoms with Crippen molar-refractivity contribution in [3.8, 4) is 5.75 Å². The lowest BCUT2D eigenvalue weighted by Crippen LogP contribution is -2.44. The Morgan fingerprint density at radius 3 is 2.56 bits per heavy atom. The number of aromatic nitrogens is 1. The molecule has 146 valence electrons. The number of carbonyl (C=O) groups excluding carboxylic acids is 1. The summed E-state index contributed by atoms with van der Waals surface area (Å²) in [4.78, 5) is 23.8. The van der Waals surface area contributed by atoms with Crippen LogP contribution in [-0.4, -0.2) is 28.4 Å². The number of hydrogen-bond acceptors (Lipinski definition) is 5. The number of ether oxygens (including phenoxy) is 1. The largest absolute Gasteiger partial charge is 0.593 e. The molecule has 0 aliphatic rings. The smallest absolute Gasteiger partial charge is 0.464 e. The van der Waals surface area contributed by atoms with E-state index in [9.17, 15) is 9.36 Å². The van der Waals surface area contributed by atoms with Gasteiger partial charge in [-0.3, -0.25) is 9.78 Å². The number of hydroxylamine groups is 1. The van der Waals surface area contributed by atoms with E-state index in [1.165, 1.54) is 0 Å². The van der Waals surface area contributed by atoms with Gasteiger partial charge in [0, 0.05) is 11.6 Å². The van der Waals surface area contributed by atoms with Gasteiger partial charge < -0.3 is 9.57 Å². The minimum Gasteiger partial charge on any atom is -0.464 e. The first-order valence-corrected chi connectivity index (χ1v) is 10.8. The van der Waals surface area contributed by atoms with Crippen LogP contribution in [0.15, 0.2) is 36.5 Å². The number of esters is 1. The van der Waals surface area contributed by atoms with E-state index in [2.05, 4.69) is 4.98 Å². The summed E-state index contributed by atoms with van der Waals surface area (Å²) in [5.41, 5.74) is 0.532. The van der Waals surface area contributed by atoms with E-state index < -0.39 is 19.3 Å². The highest BCUT2D eigenvalue weighted by atomic mass is 35.7. The first kappa shape index (κ1) is 21.5. The zero-order valence-electron chi connectivity index (χ0n) is 16.2. The van der Waals surface area contributed by atoms with Crippen LogP contribution in [0.3, 0.4) is 0 Å². The SMILES string of the molecule is CC(C)C(C(=O)OCC(C)(C)C)N(Oc1cccc2ncccc12)[P+](=O)Cl. The molecule has 0 amide bonds. The van der Waals surface area contributed by atoms with Crippen molar-refractivity contribution in [2.45, 2.75) is 40.7 Å². The average Bonchev–Trinajstić information content (AvgIpc) is 2.58. The van der Waals surface area contributed by atoms with Crippen LogP contribution in [0.5, 0.6) is 5.75 Å². The van der Waals surface area contributed by atoms with Crippen molar-refractivity contribution in [2.75, 3.05) is 6.61 Å². The molecule has 0 fully saturated rings. The molecule has 0 saturated heterocycles. The molecule has 0 spiro atoms. The van der Waals surface area contributed by atoms with Gasteiger partial charge in [-0.1, -0.05) is 40.7 Å². The molecular weight excluding hydrogens is 387 g/mol. The van der Waals surface area contributed by atoms with Crippen LogP contribution in [-0.2, 0) is 14.1 Å². The fraction of sp³-hybridized carbons (Fsp3) is 0.474. The van der Waals surface area contributed by atoms with E-state index in [0.717, 1.165) is 15.7 Å². The highest BCUT2D eigenvalue weighted by molar-refractivity contribution is 7.71. The topological polar surface area (TPSA) is 68.7 Å². The Morgan fingerprint density at radius 1 is 1.26 bits per heavy atom. The third-order valence-corrected chi connectivity index (χ3v) is 4.80. The van der Waals surface area contributed by atoms with E-state index in [1.807, 2.05) is 46.8 Å². The second-order valence-electron chi connectivity index (χ2n) is 7.80. The van der Waals surface area contributed by atoms with Crippen molar-refractivity contribution in [3.63, 3.8) is 0 Å². The molecule has 1 aromatic heterocycles. The second kappa shape index (κ2) is 8.96. The summed E-state index contributed by atoms with van der Waals surface area (Å²) in [6.45, 7) is 9.76. The number of benzene rings is 1. The van der Waals surface area contributed by atoms with Crippen LogP contribution in [0.4, 0.5) is 0 Å². The van der Waals surface area contributed by atoms with Crippen molar-refractivity contribution in [2.24, 2.45) is 11.3 Å². The van der Waals surface area contributed by atoms with Crippen molar-refractivity contribution < 1.29 is 18.9 Å². The molecule has 2 aromatic rings. The Morgan fingerprint density at radius 2 is 1.96 bits per heavy atom. The van der Waals surface area contributed by atoms with Gasteiger partial charge in [-0.15, -0.1) is 0 Å². The van der Waals surface area contributed by atoms with Gasteiger partial charge in [0.2, 0.25) is 11.2 Å². The van der Waals surface area contributed by atoms with Crippen LogP contribution in [0.2, 0.25) is 0 Å². The van der Waals surface area contributed by atoms with E-state index >= 15 is 0 Å². The number of hydrogen-bond donors (Lipinski definition) is 0. The predicted molar refractivity (Wildman–Crippen MR) is 107 cm³/mol. The molecule has 0 radical (unpaired) electrons. The fourth-order valence-corrected chi connectivity index (χ4v) is 3.52. The van der Waals surface area contributed by atoms with Gasteiger partial charge in [-0.25, -0.2) is 0 Å². The maximum atomic E-state index is 12.7. The van der Waals surface area contributed by atoms with Crippen molar-refractivity contribution in [1.29, 1.82) is 0 Å². The highest BCUT2D eigenvalue weighted by Gasteiger charge is 2.45. The van der Waals surface area contributed by atoms with Gasteiger partial charge in [-0.05, 0) is 40.2 Å². The quantitative estimate of drug-likeness (QED) is 0.348. The summed E-state index contributed by atoms with van der Waals surface area (Å²) in [5, 5.41) is 0.726. The lowest BCUT2D eigenvalue weighted by Gasteiger charge is -2.25. The normalized spacial score (nSPS) is 13.7. The number of fused-ring (bicyclic) bond motifs is 1. The van der Waals surface area contributed by atoms with Crippen LogP contribution in [0.1, 0.15) is 34.6 Å². The molecule has 0 aliphatic carbocycles. The summed E-state index contributed by atoms with van der Waals surface area (Å²) in [7, 11) is -2.47. The standard InChI is InChI=1S/C19H25ClN2O4P/c1-13(2)17(18(23)25-12-19(3,4)5)22(27(20)24)26-16-10-6-9-15-14(16)8-7-11-21-15/h6-11,13,17H,12H2,1-5H3/q+1. The zero-order chi connectivity index (χ0) is 20.2. The average molecular weight is 412 g/mol. The molecule has 0 saturated carbocycles. The Balaban J connectivity index is 2.32. The Labute approximate surface area is 165 Å². The number of pyridine rings is 1. The lowest BCUT2D eigenvalue weighted by molar-refractivity contribution is -0.160. The molecule has 1 aromatic carbocycles. The summed E-state index contributed by atoms with van der Waals surface area (Å²) in [6.07, 6.45) is 1.67. The molecule has 0 aliphatic heterocycles. The van der Waals surface area contributed by atoms with Gasteiger partial charge in [0.25, 0.3) is 0 Å². The molecule has 0 N–H and O–H groups in total. The summed E-state index contributed by atoms with van der Waals surface area (Å²) in [5.74, 6) is -0.343. The lowest BCUT2D eigenvalue weighted by atomic mass is 9.98. The van der Waals surface area contributed by atoms with Crippen molar-refractivity contribution in [3.05, 3.63) is 36.5 Å². The molecular formula is C19H25ClN2O4P+. The van der Waals surface area contributed by atoms with Gasteiger partial charge in [-0.2, -0.15) is 0 Å². The Hall–Kier alpha value is -1.75. The van der Waals surface area contributed by atoms with E-state index in [-0.39, 0.29) is 17.9 Å². The highest BCUT2D eigenvalue weighted by Crippen LogP contribution is 2.39. The fourth-order valence-electron chi connectivity index (χ4n) is 2.43. The van der Waals surface area contributed by atoms with Gasteiger partial charge >= 0.3 is 13.3 Å².